The van der Waals surface area contributed by atoms with Gasteiger partial charge in [0.2, 0.25) is 0 Å². The Bertz CT molecular complexity index is 528. The number of nitrogens with one attached hydrogen (secondary N) is 1. The monoisotopic (exact) mass is 234 g/mol. The van der Waals surface area contributed by atoms with Crippen LogP contribution in [-0.2, 0) is 6.42 Å². The van der Waals surface area contributed by atoms with Crippen LogP contribution in [0, 0.1) is 11.6 Å². The van der Waals surface area contributed by atoms with Gasteiger partial charge in [-0.2, -0.15) is 0 Å². The smallest absolute Gasteiger partial charge is 0.150 e. The van der Waals surface area contributed by atoms with E-state index in [0.717, 1.165) is 35.7 Å². The normalized spacial score (nSPS) is 10.6. The molecule has 0 spiro atoms. The molecule has 0 atom stereocenters. The molecule has 0 unspecified atom stereocenters. The number of hydrogen-bond donors (Lipinski definition) is 1. The summed E-state index contributed by atoms with van der Waals surface area (Å²) in [4.78, 5) is 7.64. The average molecular weight is 234 g/mol. The van der Waals surface area contributed by atoms with Gasteiger partial charge in [0, 0.05) is 12.0 Å². The van der Waals surface area contributed by atoms with Crippen molar-refractivity contribution in [2.45, 2.75) is 26.7 Å². The molecular formula is C12H14N2OS. The molecule has 3 nitrogen and oxygen atoms in total. The van der Waals surface area contributed by atoms with Gasteiger partial charge in [0.1, 0.15) is 16.2 Å². The zero-order chi connectivity index (χ0) is 11.5. The van der Waals surface area contributed by atoms with Gasteiger partial charge in [-0.3, -0.25) is 0 Å². The Morgan fingerprint density at radius 3 is 2.94 bits per heavy atom. The zero-order valence-electron chi connectivity index (χ0n) is 9.41. The molecule has 0 saturated heterocycles. The van der Waals surface area contributed by atoms with E-state index in [4.69, 9.17) is 16.6 Å². The van der Waals surface area contributed by atoms with Crippen LogP contribution in [0.1, 0.15) is 24.7 Å². The molecule has 2 heterocycles. The molecule has 2 aromatic rings. The molecule has 1 N–H and O–H groups in total. The molecule has 4 heteroatoms. The summed E-state index contributed by atoms with van der Waals surface area (Å²) in [5.41, 5.74) is 1.90. The first-order chi connectivity index (χ1) is 7.72. The molecule has 0 aromatic carbocycles. The van der Waals surface area contributed by atoms with Gasteiger partial charge >= 0.3 is 0 Å². The highest BCUT2D eigenvalue weighted by Crippen LogP contribution is 2.22. The number of aromatic nitrogens is 2. The van der Waals surface area contributed by atoms with Gasteiger partial charge in [-0.25, -0.2) is 4.98 Å². The molecule has 0 fully saturated rings. The largest absolute Gasteiger partial charge is 0.463 e. The van der Waals surface area contributed by atoms with Crippen molar-refractivity contribution in [2.24, 2.45) is 0 Å². The second kappa shape index (κ2) is 4.61. The van der Waals surface area contributed by atoms with Crippen LogP contribution in [0.4, 0.5) is 0 Å². The molecule has 0 saturated carbocycles. The molecule has 84 valence electrons. The fourth-order valence-corrected chi connectivity index (χ4v) is 1.81. The van der Waals surface area contributed by atoms with Crippen molar-refractivity contribution in [1.82, 2.24) is 9.97 Å². The van der Waals surface area contributed by atoms with Gasteiger partial charge in [-0.1, -0.05) is 19.1 Å². The van der Waals surface area contributed by atoms with Crippen LogP contribution < -0.4 is 0 Å². The summed E-state index contributed by atoms with van der Waals surface area (Å²) >= 11 is 5.24. The quantitative estimate of drug-likeness (QED) is 0.824. The van der Waals surface area contributed by atoms with Crippen molar-refractivity contribution in [2.75, 3.05) is 0 Å². The Morgan fingerprint density at radius 2 is 2.31 bits per heavy atom. The first-order valence-corrected chi connectivity index (χ1v) is 5.77. The topological polar surface area (TPSA) is 41.8 Å². The maximum absolute atomic E-state index is 5.38. The third-order valence-electron chi connectivity index (χ3n) is 2.46. The van der Waals surface area contributed by atoms with Crippen LogP contribution >= 0.6 is 12.2 Å². The molecule has 0 amide bonds. The van der Waals surface area contributed by atoms with E-state index >= 15 is 0 Å². The van der Waals surface area contributed by atoms with Crippen LogP contribution in [0.2, 0.25) is 0 Å². The highest BCUT2D eigenvalue weighted by Gasteiger charge is 2.08. The van der Waals surface area contributed by atoms with Gasteiger partial charge in [0.15, 0.2) is 0 Å². The number of aromatic amines is 1. The van der Waals surface area contributed by atoms with E-state index in [0.29, 0.717) is 4.64 Å². The van der Waals surface area contributed by atoms with Crippen LogP contribution in [0.5, 0.6) is 0 Å². The van der Waals surface area contributed by atoms with Crippen molar-refractivity contribution in [3.63, 3.8) is 0 Å². The number of hydrogen-bond acceptors (Lipinski definition) is 3. The van der Waals surface area contributed by atoms with E-state index in [1.54, 1.807) is 6.26 Å². The van der Waals surface area contributed by atoms with Crippen LogP contribution in [0.25, 0.3) is 11.5 Å². The van der Waals surface area contributed by atoms with Crippen molar-refractivity contribution in [3.8, 4) is 11.5 Å². The lowest BCUT2D eigenvalue weighted by atomic mass is 10.2. The van der Waals surface area contributed by atoms with E-state index in [1.807, 2.05) is 19.1 Å². The van der Waals surface area contributed by atoms with E-state index < -0.39 is 0 Å². The highest BCUT2D eigenvalue weighted by atomic mass is 32.1. The number of nitrogens with zero attached hydrogens (tertiary/aromatic N) is 1. The second-order valence-electron chi connectivity index (χ2n) is 3.72. The lowest BCUT2D eigenvalue weighted by molar-refractivity contribution is 0.578. The predicted molar refractivity (Wildman–Crippen MR) is 65.9 cm³/mol. The Labute approximate surface area is 99.5 Å². The lowest BCUT2D eigenvalue weighted by Crippen LogP contribution is -1.99. The average Bonchev–Trinajstić information content (AvgIpc) is 2.76. The molecule has 0 bridgehead atoms. The molecule has 0 aliphatic heterocycles. The third kappa shape index (κ3) is 2.07. The Morgan fingerprint density at radius 1 is 1.50 bits per heavy atom. The fourth-order valence-electron chi connectivity index (χ4n) is 1.60. The zero-order valence-corrected chi connectivity index (χ0v) is 10.2. The second-order valence-corrected chi connectivity index (χ2v) is 4.10. The Hall–Kier alpha value is -1.42. The molecule has 0 aliphatic carbocycles. The van der Waals surface area contributed by atoms with Crippen LogP contribution in [0.3, 0.4) is 0 Å². The Balaban J connectivity index is 2.56. The van der Waals surface area contributed by atoms with Gasteiger partial charge < -0.3 is 9.40 Å². The predicted octanol–water partition coefficient (Wildman–Crippen LogP) is 3.66. The van der Waals surface area contributed by atoms with Crippen molar-refractivity contribution < 1.29 is 4.42 Å². The van der Waals surface area contributed by atoms with Gasteiger partial charge in [0.25, 0.3) is 0 Å². The van der Waals surface area contributed by atoms with E-state index in [1.165, 1.54) is 0 Å². The minimum atomic E-state index is 0.647. The molecule has 2 rings (SSSR count). The lowest BCUT2D eigenvalue weighted by Gasteiger charge is -2.06. The summed E-state index contributed by atoms with van der Waals surface area (Å²) in [5, 5.41) is 0. The van der Waals surface area contributed by atoms with E-state index in [-0.39, 0.29) is 0 Å². The fraction of sp³-hybridized carbons (Fsp3) is 0.333. The Kier molecular flexibility index (Phi) is 3.19. The van der Waals surface area contributed by atoms with E-state index in [2.05, 4.69) is 16.9 Å². The summed E-state index contributed by atoms with van der Waals surface area (Å²) in [6.07, 6.45) is 3.60. The number of H-pyrrole nitrogens is 1. The molecule has 0 radical (unpaired) electrons. The van der Waals surface area contributed by atoms with Crippen LogP contribution in [0.15, 0.2) is 22.8 Å². The summed E-state index contributed by atoms with van der Waals surface area (Å²) in [5.74, 6) is 1.73. The maximum Gasteiger partial charge on any atom is 0.150 e. The first kappa shape index (κ1) is 11.1. The van der Waals surface area contributed by atoms with Gasteiger partial charge in [-0.15, -0.1) is 0 Å². The summed E-state index contributed by atoms with van der Waals surface area (Å²) in [6.45, 7) is 4.07. The molecule has 16 heavy (non-hydrogen) atoms. The van der Waals surface area contributed by atoms with E-state index in [9.17, 15) is 0 Å². The van der Waals surface area contributed by atoms with Crippen molar-refractivity contribution >= 4 is 12.2 Å². The number of furan rings is 1. The summed E-state index contributed by atoms with van der Waals surface area (Å²) < 4.78 is 6.03. The van der Waals surface area contributed by atoms with Gasteiger partial charge in [0.05, 0.1) is 12.0 Å². The van der Waals surface area contributed by atoms with Crippen molar-refractivity contribution in [1.29, 1.82) is 0 Å². The van der Waals surface area contributed by atoms with Gasteiger partial charge in [-0.05, 0) is 25.5 Å². The number of rotatable bonds is 3. The summed E-state index contributed by atoms with van der Waals surface area (Å²) in [7, 11) is 0. The molecule has 2 aromatic heterocycles. The highest BCUT2D eigenvalue weighted by molar-refractivity contribution is 7.71. The van der Waals surface area contributed by atoms with Crippen LogP contribution in [-0.4, -0.2) is 9.97 Å². The first-order valence-electron chi connectivity index (χ1n) is 5.36. The SMILES string of the molecule is CCCc1nc(=S)c(C)c(-c2ccco2)[nH]1. The minimum Gasteiger partial charge on any atom is -0.463 e. The number of aryl methyl sites for hydroxylation is 1. The molecule has 0 aliphatic rings. The third-order valence-corrected chi connectivity index (χ3v) is 2.85. The minimum absolute atomic E-state index is 0.647. The summed E-state index contributed by atoms with van der Waals surface area (Å²) in [6, 6.07) is 3.79. The molecular weight excluding hydrogens is 220 g/mol. The van der Waals surface area contributed by atoms with Crippen molar-refractivity contribution in [3.05, 3.63) is 34.4 Å². The standard InChI is InChI=1S/C12H14N2OS/c1-3-5-10-13-11(8(2)12(16)14-10)9-6-4-7-15-9/h4,6-7H,3,5H2,1-2H3,(H,13,14,16). The maximum atomic E-state index is 5.38.